The molecule has 22 heavy (non-hydrogen) atoms. The molecule has 0 saturated carbocycles. The molecule has 0 bridgehead atoms. The highest BCUT2D eigenvalue weighted by Gasteiger charge is 2.39. The highest BCUT2D eigenvalue weighted by atomic mass is 35.5. The third-order valence-corrected chi connectivity index (χ3v) is 6.25. The largest absolute Gasteiger partial charge is 0.495 e. The molecule has 0 unspecified atom stereocenters. The van der Waals surface area contributed by atoms with Crippen molar-refractivity contribution in [2.75, 3.05) is 13.7 Å². The van der Waals surface area contributed by atoms with Gasteiger partial charge in [0.25, 0.3) is 0 Å². The summed E-state index contributed by atoms with van der Waals surface area (Å²) in [5.41, 5.74) is 0. The molecule has 1 aromatic carbocycles. The molecule has 0 spiro atoms. The molecule has 0 radical (unpaired) electrons. The zero-order valence-corrected chi connectivity index (χ0v) is 13.9. The monoisotopic (exact) mass is 347 g/mol. The van der Waals surface area contributed by atoms with E-state index < -0.39 is 28.0 Å². The summed E-state index contributed by atoms with van der Waals surface area (Å²) < 4.78 is 31.8. The topological polar surface area (TPSA) is 83.9 Å². The van der Waals surface area contributed by atoms with Gasteiger partial charge in [-0.15, -0.1) is 0 Å². The van der Waals surface area contributed by atoms with Crippen molar-refractivity contribution in [2.24, 2.45) is 5.92 Å². The number of hydrogen-bond acceptors (Lipinski definition) is 4. The fourth-order valence-corrected chi connectivity index (χ4v) is 4.78. The normalized spacial score (nSPS) is 23.2. The number of piperidine rings is 1. The predicted octanol–water partition coefficient (Wildman–Crippen LogP) is 2.22. The fourth-order valence-electron chi connectivity index (χ4n) is 2.72. The molecule has 0 amide bonds. The van der Waals surface area contributed by atoms with Crippen molar-refractivity contribution in [3.63, 3.8) is 0 Å². The molecule has 1 heterocycles. The molecule has 1 saturated heterocycles. The van der Waals surface area contributed by atoms with Crippen LogP contribution in [0.3, 0.4) is 0 Å². The predicted molar refractivity (Wildman–Crippen MR) is 81.7 cm³/mol. The number of ether oxygens (including phenoxy) is 1. The van der Waals surface area contributed by atoms with Gasteiger partial charge in [0.05, 0.1) is 22.9 Å². The smallest absolute Gasteiger partial charge is 0.308 e. The Morgan fingerprint density at radius 2 is 2.14 bits per heavy atom. The first-order valence-electron chi connectivity index (χ1n) is 6.87. The highest BCUT2D eigenvalue weighted by molar-refractivity contribution is 7.89. The second-order valence-corrected chi connectivity index (χ2v) is 7.54. The molecule has 1 aliphatic heterocycles. The average molecular weight is 348 g/mol. The number of hydrogen-bond donors (Lipinski definition) is 1. The van der Waals surface area contributed by atoms with Crippen LogP contribution >= 0.6 is 11.6 Å². The van der Waals surface area contributed by atoms with Crippen LogP contribution in [0.15, 0.2) is 23.1 Å². The Morgan fingerprint density at radius 3 is 2.68 bits per heavy atom. The molecular formula is C14H18ClNO5S. The number of methoxy groups -OCH3 is 1. The number of carboxylic acid groups (broad SMARTS) is 1. The van der Waals surface area contributed by atoms with E-state index in [0.717, 1.165) is 0 Å². The maximum Gasteiger partial charge on any atom is 0.308 e. The lowest BCUT2D eigenvalue weighted by Crippen LogP contribution is -2.48. The number of sulfonamides is 1. The average Bonchev–Trinajstić information content (AvgIpc) is 2.46. The highest BCUT2D eigenvalue weighted by Crippen LogP contribution is 2.32. The van der Waals surface area contributed by atoms with E-state index in [0.29, 0.717) is 25.1 Å². The Hall–Kier alpha value is -1.31. The molecule has 0 aliphatic carbocycles. The van der Waals surface area contributed by atoms with Gasteiger partial charge >= 0.3 is 5.97 Å². The van der Waals surface area contributed by atoms with E-state index in [1.807, 2.05) is 0 Å². The standard InChI is InChI=1S/C14H18ClNO5S/c1-9-11(14(17)18)4-3-7-16(9)22(19,20)10-5-6-13(21-2)12(15)8-10/h5-6,8-9,11H,3-4,7H2,1-2H3,(H,17,18)/t9-,11-/m0/s1. The number of carboxylic acids is 1. The van der Waals surface area contributed by atoms with Gasteiger partial charge in [-0.1, -0.05) is 11.6 Å². The number of carbonyl (C=O) groups is 1. The zero-order valence-electron chi connectivity index (χ0n) is 12.3. The molecule has 1 aliphatic rings. The van der Waals surface area contributed by atoms with Gasteiger partial charge < -0.3 is 9.84 Å². The van der Waals surface area contributed by atoms with Crippen LogP contribution in [0.2, 0.25) is 5.02 Å². The molecule has 6 nitrogen and oxygen atoms in total. The summed E-state index contributed by atoms with van der Waals surface area (Å²) in [5, 5.41) is 9.41. The summed E-state index contributed by atoms with van der Waals surface area (Å²) in [7, 11) is -2.35. The molecule has 1 fully saturated rings. The zero-order chi connectivity index (χ0) is 16.5. The van der Waals surface area contributed by atoms with Crippen molar-refractivity contribution in [3.05, 3.63) is 23.2 Å². The fraction of sp³-hybridized carbons (Fsp3) is 0.500. The minimum absolute atomic E-state index is 0.0381. The van der Waals surface area contributed by atoms with Crippen molar-refractivity contribution in [1.82, 2.24) is 4.31 Å². The van der Waals surface area contributed by atoms with Crippen molar-refractivity contribution in [1.29, 1.82) is 0 Å². The first-order valence-corrected chi connectivity index (χ1v) is 8.69. The maximum absolute atomic E-state index is 12.8. The van der Waals surface area contributed by atoms with Crippen LogP contribution in [-0.4, -0.2) is 43.5 Å². The summed E-state index contributed by atoms with van der Waals surface area (Å²) in [5.74, 6) is -1.28. The molecule has 1 aromatic rings. The Kier molecular flexibility index (Phi) is 4.99. The lowest BCUT2D eigenvalue weighted by molar-refractivity contribution is -0.144. The molecule has 2 rings (SSSR count). The number of aliphatic carboxylic acids is 1. The minimum Gasteiger partial charge on any atom is -0.495 e. The second kappa shape index (κ2) is 6.44. The van der Waals surface area contributed by atoms with Crippen LogP contribution in [0.4, 0.5) is 0 Å². The van der Waals surface area contributed by atoms with Crippen LogP contribution in [-0.2, 0) is 14.8 Å². The third-order valence-electron chi connectivity index (χ3n) is 3.98. The van der Waals surface area contributed by atoms with E-state index in [4.69, 9.17) is 16.3 Å². The first-order chi connectivity index (χ1) is 10.3. The summed E-state index contributed by atoms with van der Waals surface area (Å²) in [6, 6.07) is 3.62. The summed E-state index contributed by atoms with van der Waals surface area (Å²) in [6.45, 7) is 1.93. The van der Waals surface area contributed by atoms with E-state index in [9.17, 15) is 18.3 Å². The van der Waals surface area contributed by atoms with Gasteiger partial charge in [0.1, 0.15) is 5.75 Å². The van der Waals surface area contributed by atoms with Crippen LogP contribution in [0, 0.1) is 5.92 Å². The van der Waals surface area contributed by atoms with E-state index in [2.05, 4.69) is 0 Å². The van der Waals surface area contributed by atoms with Crippen LogP contribution < -0.4 is 4.74 Å². The van der Waals surface area contributed by atoms with Crippen molar-refractivity contribution in [3.8, 4) is 5.75 Å². The Bertz CT molecular complexity index is 676. The summed E-state index contributed by atoms with van der Waals surface area (Å²) in [6.07, 6.45) is 0.996. The van der Waals surface area contributed by atoms with E-state index >= 15 is 0 Å². The van der Waals surface area contributed by atoms with Gasteiger partial charge in [0.2, 0.25) is 10.0 Å². The Labute approximate surface area is 134 Å². The summed E-state index contributed by atoms with van der Waals surface area (Å²) in [4.78, 5) is 11.3. The van der Waals surface area contributed by atoms with E-state index in [1.54, 1.807) is 6.92 Å². The van der Waals surface area contributed by atoms with Crippen LogP contribution in [0.1, 0.15) is 19.8 Å². The van der Waals surface area contributed by atoms with Crippen molar-refractivity contribution in [2.45, 2.75) is 30.7 Å². The number of benzene rings is 1. The lowest BCUT2D eigenvalue weighted by atomic mass is 9.92. The second-order valence-electron chi connectivity index (χ2n) is 5.24. The molecule has 1 N–H and O–H groups in total. The van der Waals surface area contributed by atoms with Gasteiger partial charge in [0, 0.05) is 12.6 Å². The van der Waals surface area contributed by atoms with Crippen LogP contribution in [0.25, 0.3) is 0 Å². The first kappa shape index (κ1) is 17.1. The molecule has 2 atom stereocenters. The van der Waals surface area contributed by atoms with Gasteiger partial charge in [-0.2, -0.15) is 4.31 Å². The number of rotatable bonds is 4. The summed E-state index contributed by atoms with van der Waals surface area (Å²) >= 11 is 5.99. The van der Waals surface area contributed by atoms with Gasteiger partial charge in [-0.25, -0.2) is 8.42 Å². The third kappa shape index (κ3) is 3.06. The van der Waals surface area contributed by atoms with E-state index in [-0.39, 0.29) is 9.92 Å². The number of halogens is 1. The van der Waals surface area contributed by atoms with E-state index in [1.165, 1.54) is 29.6 Å². The van der Waals surface area contributed by atoms with Gasteiger partial charge in [-0.3, -0.25) is 4.79 Å². The Morgan fingerprint density at radius 1 is 1.45 bits per heavy atom. The van der Waals surface area contributed by atoms with Gasteiger partial charge in [0.15, 0.2) is 0 Å². The lowest BCUT2D eigenvalue weighted by Gasteiger charge is -2.36. The number of nitrogens with zero attached hydrogens (tertiary/aromatic N) is 1. The molecule has 8 heteroatoms. The minimum atomic E-state index is -3.80. The maximum atomic E-state index is 12.8. The molecule has 0 aromatic heterocycles. The quantitative estimate of drug-likeness (QED) is 0.902. The van der Waals surface area contributed by atoms with Crippen molar-refractivity contribution >= 4 is 27.6 Å². The molecule has 122 valence electrons. The Balaban J connectivity index is 2.37. The van der Waals surface area contributed by atoms with Crippen LogP contribution in [0.5, 0.6) is 5.75 Å². The molecular weight excluding hydrogens is 330 g/mol. The van der Waals surface area contributed by atoms with Gasteiger partial charge in [-0.05, 0) is 38.0 Å². The SMILES string of the molecule is COc1ccc(S(=O)(=O)N2CCC[C@H](C(=O)O)[C@@H]2C)cc1Cl. The van der Waals surface area contributed by atoms with Crippen molar-refractivity contribution < 1.29 is 23.1 Å².